The van der Waals surface area contributed by atoms with E-state index in [1.165, 1.54) is 10.9 Å². The Hall–Kier alpha value is -3.90. The number of rotatable bonds is 5. The van der Waals surface area contributed by atoms with Crippen LogP contribution in [0.25, 0.3) is 16.7 Å². The van der Waals surface area contributed by atoms with E-state index in [1.54, 1.807) is 44.7 Å². The molecule has 13 heteroatoms. The fourth-order valence-electron chi connectivity index (χ4n) is 6.44. The van der Waals surface area contributed by atoms with Gasteiger partial charge < -0.3 is 19.5 Å². The van der Waals surface area contributed by atoms with Gasteiger partial charge in [-0.05, 0) is 88.6 Å². The number of carbonyl (C=O) groups excluding carboxylic acids is 2. The van der Waals surface area contributed by atoms with Crippen LogP contribution in [0.2, 0.25) is 10.2 Å². The first kappa shape index (κ1) is 34.0. The molecule has 2 aliphatic rings. The van der Waals surface area contributed by atoms with E-state index in [0.29, 0.717) is 71.5 Å². The predicted molar refractivity (Wildman–Crippen MR) is 183 cm³/mol. The van der Waals surface area contributed by atoms with Crippen molar-refractivity contribution in [2.75, 3.05) is 26.2 Å². The van der Waals surface area contributed by atoms with Crippen molar-refractivity contribution in [1.29, 1.82) is 0 Å². The summed E-state index contributed by atoms with van der Waals surface area (Å²) >= 11 is 12.6. The number of fused-ring (bicyclic) bond motifs is 1. The summed E-state index contributed by atoms with van der Waals surface area (Å²) in [6.45, 7) is 9.01. The molecule has 4 aromatic rings. The van der Waals surface area contributed by atoms with Gasteiger partial charge in [0.1, 0.15) is 17.1 Å². The summed E-state index contributed by atoms with van der Waals surface area (Å²) in [6, 6.07) is 15.5. The lowest BCUT2D eigenvalue weighted by Crippen LogP contribution is -2.49. The number of halogens is 2. The number of benzene rings is 2. The van der Waals surface area contributed by atoms with Crippen molar-refractivity contribution < 1.29 is 24.2 Å². The Morgan fingerprint density at radius 2 is 1.71 bits per heavy atom. The van der Waals surface area contributed by atoms with E-state index in [0.717, 1.165) is 5.56 Å². The minimum absolute atomic E-state index is 0.0328. The average Bonchev–Trinajstić information content (AvgIpc) is 3.38. The Balaban J connectivity index is 1.19. The van der Waals surface area contributed by atoms with Crippen LogP contribution < -0.4 is 5.56 Å². The normalized spacial score (nSPS) is 19.8. The van der Waals surface area contributed by atoms with Crippen molar-refractivity contribution in [1.82, 2.24) is 23.9 Å². The number of aliphatic hydroxyl groups is 1. The maximum atomic E-state index is 13.6. The minimum Gasteiger partial charge on any atom is -0.444 e. The van der Waals surface area contributed by atoms with Crippen LogP contribution in [0.15, 0.2) is 65.7 Å². The van der Waals surface area contributed by atoms with E-state index in [4.69, 9.17) is 32.7 Å². The molecule has 0 unspecified atom stereocenters. The monoisotopic (exact) mass is 695 g/mol. The molecular formula is C35H39Cl2N5O6. The average molecular weight is 697 g/mol. The molecule has 2 amide bonds. The highest BCUT2D eigenvalue weighted by atomic mass is 35.5. The molecule has 0 radical (unpaired) electrons. The van der Waals surface area contributed by atoms with Gasteiger partial charge in [-0.3, -0.25) is 23.6 Å². The molecule has 2 aliphatic heterocycles. The largest absolute Gasteiger partial charge is 0.444 e. The SMILES string of the molecule is C[C@@H]1OCCN(C(=O)OC(C)(C)C)[C@H]1c1ccc(-n2c(Cl)cc3c(=O)n(CC4(O)CCN(C(=O)c5ccc(Cl)cc5)CC4)cnc32)cc1. The summed E-state index contributed by atoms with van der Waals surface area (Å²) in [6.07, 6.45) is 1.39. The second-order valence-corrected chi connectivity index (χ2v) is 14.4. The lowest BCUT2D eigenvalue weighted by molar-refractivity contribution is -0.0698. The number of morpholine rings is 1. The molecule has 0 aliphatic carbocycles. The number of aromatic nitrogens is 3. The van der Waals surface area contributed by atoms with Crippen LogP contribution >= 0.6 is 23.2 Å². The summed E-state index contributed by atoms with van der Waals surface area (Å²) in [5, 5.41) is 12.6. The van der Waals surface area contributed by atoms with E-state index in [-0.39, 0.29) is 30.2 Å². The number of carbonyl (C=O) groups is 2. The van der Waals surface area contributed by atoms with Crippen LogP contribution in [0, 0.1) is 0 Å². The zero-order valence-corrected chi connectivity index (χ0v) is 28.9. The van der Waals surface area contributed by atoms with Crippen molar-refractivity contribution >= 4 is 46.2 Å². The van der Waals surface area contributed by atoms with E-state index < -0.39 is 17.3 Å². The van der Waals surface area contributed by atoms with Gasteiger partial charge in [-0.25, -0.2) is 9.78 Å². The predicted octanol–water partition coefficient (Wildman–Crippen LogP) is 5.86. The van der Waals surface area contributed by atoms with Crippen LogP contribution in [0.1, 0.15) is 62.5 Å². The van der Waals surface area contributed by atoms with Crippen LogP contribution in [-0.2, 0) is 16.0 Å². The third-order valence-electron chi connectivity index (χ3n) is 8.89. The van der Waals surface area contributed by atoms with E-state index in [9.17, 15) is 19.5 Å². The Bertz CT molecular complexity index is 1870. The van der Waals surface area contributed by atoms with Crippen molar-refractivity contribution in [3.8, 4) is 5.69 Å². The van der Waals surface area contributed by atoms with Gasteiger partial charge in [0, 0.05) is 35.9 Å². The first-order chi connectivity index (χ1) is 22.7. The molecule has 4 heterocycles. The maximum absolute atomic E-state index is 13.6. The topological polar surface area (TPSA) is 119 Å². The molecule has 6 rings (SSSR count). The number of hydrogen-bond acceptors (Lipinski definition) is 7. The molecule has 2 atom stereocenters. The zero-order chi connectivity index (χ0) is 34.4. The minimum atomic E-state index is -1.19. The summed E-state index contributed by atoms with van der Waals surface area (Å²) < 4.78 is 14.7. The van der Waals surface area contributed by atoms with E-state index in [1.807, 2.05) is 52.0 Å². The fourth-order valence-corrected chi connectivity index (χ4v) is 6.85. The number of ether oxygens (including phenoxy) is 2. The Morgan fingerprint density at radius 3 is 2.35 bits per heavy atom. The lowest BCUT2D eigenvalue weighted by Gasteiger charge is -2.40. The van der Waals surface area contributed by atoms with Gasteiger partial charge >= 0.3 is 6.09 Å². The van der Waals surface area contributed by atoms with Crippen LogP contribution in [0.3, 0.4) is 0 Å². The van der Waals surface area contributed by atoms with Crippen LogP contribution in [0.5, 0.6) is 0 Å². The Labute approximate surface area is 288 Å². The van der Waals surface area contributed by atoms with Crippen molar-refractivity contribution in [3.05, 3.63) is 92.6 Å². The first-order valence-corrected chi connectivity index (χ1v) is 16.7. The summed E-state index contributed by atoms with van der Waals surface area (Å²) in [5.74, 6) is -0.125. The molecule has 11 nitrogen and oxygen atoms in total. The number of hydrogen-bond donors (Lipinski definition) is 1. The van der Waals surface area contributed by atoms with Crippen molar-refractivity contribution in [2.24, 2.45) is 0 Å². The van der Waals surface area contributed by atoms with Crippen molar-refractivity contribution in [3.63, 3.8) is 0 Å². The molecule has 0 spiro atoms. The van der Waals surface area contributed by atoms with Gasteiger partial charge in [0.2, 0.25) is 0 Å². The molecule has 0 bridgehead atoms. The van der Waals surface area contributed by atoms with E-state index >= 15 is 0 Å². The van der Waals surface area contributed by atoms with Gasteiger partial charge in [-0.1, -0.05) is 35.3 Å². The molecule has 2 aromatic carbocycles. The lowest BCUT2D eigenvalue weighted by atomic mass is 9.91. The molecule has 1 N–H and O–H groups in total. The number of likely N-dealkylation sites (tertiary alicyclic amines) is 1. The second kappa shape index (κ2) is 13.2. The molecule has 2 fully saturated rings. The highest BCUT2D eigenvalue weighted by Crippen LogP contribution is 2.33. The molecule has 0 saturated carbocycles. The van der Waals surface area contributed by atoms with Gasteiger partial charge in [-0.2, -0.15) is 0 Å². The van der Waals surface area contributed by atoms with Crippen molar-refractivity contribution in [2.45, 2.75) is 70.4 Å². The zero-order valence-electron chi connectivity index (χ0n) is 27.4. The second-order valence-electron chi connectivity index (χ2n) is 13.5. The number of piperidine rings is 1. The van der Waals surface area contributed by atoms with Gasteiger partial charge in [-0.15, -0.1) is 0 Å². The highest BCUT2D eigenvalue weighted by molar-refractivity contribution is 6.31. The number of amides is 2. The highest BCUT2D eigenvalue weighted by Gasteiger charge is 2.37. The van der Waals surface area contributed by atoms with Gasteiger partial charge in [0.25, 0.3) is 11.5 Å². The first-order valence-electron chi connectivity index (χ1n) is 16.0. The molecule has 2 aromatic heterocycles. The smallest absolute Gasteiger partial charge is 0.410 e. The van der Waals surface area contributed by atoms with E-state index in [2.05, 4.69) is 4.98 Å². The maximum Gasteiger partial charge on any atom is 0.410 e. The van der Waals surface area contributed by atoms with Crippen LogP contribution in [0.4, 0.5) is 4.79 Å². The number of nitrogens with zero attached hydrogens (tertiary/aromatic N) is 5. The Morgan fingerprint density at radius 1 is 1.04 bits per heavy atom. The van der Waals surface area contributed by atoms with Gasteiger partial charge in [0.15, 0.2) is 5.65 Å². The standard InChI is InChI=1S/C35H39Cl2N5O6/c1-22-29(41(17-18-47-22)33(45)48-34(2,3)4)23-7-11-26(12-8-23)42-28(37)19-27-30(42)38-21-40(32(27)44)20-35(46)13-15-39(16-14-35)31(43)24-5-9-25(36)10-6-24/h5-12,19,21-22,29,46H,13-18,20H2,1-4H3/t22-,29+/m0/s1. The summed E-state index contributed by atoms with van der Waals surface area (Å²) in [4.78, 5) is 47.6. The molecule has 2 saturated heterocycles. The molecular weight excluding hydrogens is 657 g/mol. The summed E-state index contributed by atoms with van der Waals surface area (Å²) in [7, 11) is 0. The quantitative estimate of drug-likeness (QED) is 0.278. The fraction of sp³-hybridized carbons (Fsp3) is 0.429. The van der Waals surface area contributed by atoms with Crippen LogP contribution in [-0.4, -0.2) is 84.6 Å². The summed E-state index contributed by atoms with van der Waals surface area (Å²) in [5.41, 5.74) is 0.333. The molecule has 254 valence electrons. The third kappa shape index (κ3) is 6.96. The Kier molecular flexibility index (Phi) is 9.34. The molecule has 48 heavy (non-hydrogen) atoms. The third-order valence-corrected chi connectivity index (χ3v) is 9.42. The van der Waals surface area contributed by atoms with Gasteiger partial charge in [0.05, 0.1) is 36.3 Å².